The van der Waals surface area contributed by atoms with Crippen LogP contribution < -0.4 is 10.1 Å². The largest absolute Gasteiger partial charge is 0.494 e. The Hall–Kier alpha value is -2.57. The fourth-order valence-corrected chi connectivity index (χ4v) is 3.14. The highest BCUT2D eigenvalue weighted by Crippen LogP contribution is 2.14. The second-order valence-corrected chi connectivity index (χ2v) is 7.50. The summed E-state index contributed by atoms with van der Waals surface area (Å²) in [5, 5.41) is 20.5. The van der Waals surface area contributed by atoms with Crippen molar-refractivity contribution < 1.29 is 29.3 Å². The molecule has 1 aromatic rings. The molecule has 1 atom stereocenters. The van der Waals surface area contributed by atoms with Gasteiger partial charge in [-0.25, -0.2) is 9.59 Å². The summed E-state index contributed by atoms with van der Waals surface area (Å²) < 4.78 is 5.61. The normalized spacial score (nSPS) is 11.6. The number of carboxylic acids is 2. The number of ether oxygens (including phenoxy) is 1. The lowest BCUT2D eigenvalue weighted by Crippen LogP contribution is -2.40. The molecule has 0 saturated carbocycles. The predicted octanol–water partition coefficient (Wildman–Crippen LogP) is 4.64. The Balaban J connectivity index is 1.95. The second-order valence-electron chi connectivity index (χ2n) is 7.50. The zero-order valence-electron chi connectivity index (χ0n) is 17.9. The van der Waals surface area contributed by atoms with Crippen molar-refractivity contribution in [3.8, 4) is 5.75 Å². The van der Waals surface area contributed by atoms with Gasteiger partial charge in [-0.3, -0.25) is 4.79 Å². The van der Waals surface area contributed by atoms with E-state index in [1.165, 1.54) is 12.1 Å². The van der Waals surface area contributed by atoms with Crippen LogP contribution in [0.25, 0.3) is 0 Å². The standard InChI is InChI=1S/C23H35NO6/c1-2-11-20(23(28)29)24-21(25)12-9-7-5-3-4-6-8-10-17-30-19-15-13-18(14-16-19)22(26)27/h13-16,20H,2-12,17H2,1H3,(H,24,25)(H,26,27)(H,28,29)/t20-/m0/s1. The molecule has 0 spiro atoms. The minimum absolute atomic E-state index is 0.173. The van der Waals surface area contributed by atoms with Gasteiger partial charge in [0, 0.05) is 6.42 Å². The summed E-state index contributed by atoms with van der Waals surface area (Å²) >= 11 is 0. The molecule has 7 nitrogen and oxygen atoms in total. The molecule has 0 heterocycles. The summed E-state index contributed by atoms with van der Waals surface area (Å²) in [4.78, 5) is 33.6. The number of benzene rings is 1. The van der Waals surface area contributed by atoms with Crippen molar-refractivity contribution >= 4 is 17.8 Å². The molecule has 3 N–H and O–H groups in total. The van der Waals surface area contributed by atoms with Crippen molar-refractivity contribution in [1.29, 1.82) is 0 Å². The van der Waals surface area contributed by atoms with E-state index in [-0.39, 0.29) is 11.5 Å². The van der Waals surface area contributed by atoms with E-state index in [4.69, 9.17) is 14.9 Å². The molecule has 168 valence electrons. The summed E-state index contributed by atoms with van der Waals surface area (Å²) in [5.41, 5.74) is 0.254. The molecule has 0 aromatic heterocycles. The van der Waals surface area contributed by atoms with Gasteiger partial charge in [-0.15, -0.1) is 0 Å². The first-order valence-corrected chi connectivity index (χ1v) is 10.9. The molecular weight excluding hydrogens is 386 g/mol. The van der Waals surface area contributed by atoms with E-state index in [0.29, 0.717) is 25.2 Å². The zero-order valence-corrected chi connectivity index (χ0v) is 17.9. The Morgan fingerprint density at radius 2 is 1.47 bits per heavy atom. The minimum atomic E-state index is -0.966. The number of hydrogen-bond acceptors (Lipinski definition) is 4. The van der Waals surface area contributed by atoms with Crippen LogP contribution in [0.15, 0.2) is 24.3 Å². The summed E-state index contributed by atoms with van der Waals surface area (Å²) in [5.74, 6) is -1.39. The first kappa shape index (κ1) is 25.5. The Morgan fingerprint density at radius 1 is 0.900 bits per heavy atom. The third kappa shape index (κ3) is 11.4. The van der Waals surface area contributed by atoms with Gasteiger partial charge < -0.3 is 20.3 Å². The highest BCUT2D eigenvalue weighted by Gasteiger charge is 2.18. The SMILES string of the molecule is CCC[C@H](NC(=O)CCCCCCCCCCOc1ccc(C(=O)O)cc1)C(=O)O. The van der Waals surface area contributed by atoms with E-state index in [1.807, 2.05) is 6.92 Å². The third-order valence-corrected chi connectivity index (χ3v) is 4.88. The predicted molar refractivity (Wildman–Crippen MR) is 115 cm³/mol. The number of carboxylic acid groups (broad SMARTS) is 2. The maximum absolute atomic E-state index is 11.8. The van der Waals surface area contributed by atoms with Crippen molar-refractivity contribution in [2.75, 3.05) is 6.61 Å². The molecule has 0 unspecified atom stereocenters. The zero-order chi connectivity index (χ0) is 22.2. The average molecular weight is 422 g/mol. The number of nitrogens with one attached hydrogen (secondary N) is 1. The van der Waals surface area contributed by atoms with Gasteiger partial charge in [-0.05, 0) is 43.5 Å². The molecule has 7 heteroatoms. The maximum Gasteiger partial charge on any atom is 0.335 e. The van der Waals surface area contributed by atoms with Crippen molar-refractivity contribution in [3.63, 3.8) is 0 Å². The Bertz CT molecular complexity index is 644. The van der Waals surface area contributed by atoms with Crippen molar-refractivity contribution in [2.24, 2.45) is 0 Å². The van der Waals surface area contributed by atoms with Gasteiger partial charge in [-0.1, -0.05) is 51.9 Å². The molecule has 0 bridgehead atoms. The summed E-state index contributed by atoms with van der Waals surface area (Å²) in [6.45, 7) is 2.52. The summed E-state index contributed by atoms with van der Waals surface area (Å²) in [7, 11) is 0. The fraction of sp³-hybridized carbons (Fsp3) is 0.609. The lowest BCUT2D eigenvalue weighted by atomic mass is 10.1. The molecule has 0 aliphatic heterocycles. The topological polar surface area (TPSA) is 113 Å². The number of amides is 1. The summed E-state index contributed by atoms with van der Waals surface area (Å²) in [6.07, 6.45) is 9.89. The monoisotopic (exact) mass is 421 g/mol. The van der Waals surface area contributed by atoms with Gasteiger partial charge in [0.2, 0.25) is 5.91 Å². The first-order valence-electron chi connectivity index (χ1n) is 10.9. The van der Waals surface area contributed by atoms with Crippen LogP contribution in [-0.2, 0) is 9.59 Å². The number of carbonyl (C=O) groups excluding carboxylic acids is 1. The van der Waals surface area contributed by atoms with E-state index < -0.39 is 18.0 Å². The van der Waals surface area contributed by atoms with Crippen LogP contribution in [0.4, 0.5) is 0 Å². The van der Waals surface area contributed by atoms with Crippen molar-refractivity contribution in [3.05, 3.63) is 29.8 Å². The Kier molecular flexibility index (Phi) is 13.0. The molecule has 0 fully saturated rings. The van der Waals surface area contributed by atoms with Crippen LogP contribution in [-0.4, -0.2) is 40.7 Å². The van der Waals surface area contributed by atoms with Crippen LogP contribution >= 0.6 is 0 Å². The number of aliphatic carboxylic acids is 1. The van der Waals surface area contributed by atoms with E-state index in [9.17, 15) is 14.4 Å². The number of rotatable bonds is 17. The van der Waals surface area contributed by atoms with Crippen LogP contribution in [0.1, 0.15) is 87.9 Å². The molecule has 30 heavy (non-hydrogen) atoms. The molecule has 1 amide bonds. The molecule has 0 saturated heterocycles. The lowest BCUT2D eigenvalue weighted by Gasteiger charge is -2.13. The number of hydrogen-bond donors (Lipinski definition) is 3. The Morgan fingerprint density at radius 3 is 2.00 bits per heavy atom. The minimum Gasteiger partial charge on any atom is -0.494 e. The molecule has 0 aliphatic carbocycles. The van der Waals surface area contributed by atoms with E-state index in [1.54, 1.807) is 12.1 Å². The van der Waals surface area contributed by atoms with Crippen LogP contribution in [0.2, 0.25) is 0 Å². The maximum atomic E-state index is 11.8. The van der Waals surface area contributed by atoms with Crippen molar-refractivity contribution in [2.45, 2.75) is 83.6 Å². The van der Waals surface area contributed by atoms with Crippen LogP contribution in [0, 0.1) is 0 Å². The second kappa shape index (κ2) is 15.3. The molecule has 0 aliphatic rings. The quantitative estimate of drug-likeness (QED) is 0.316. The van der Waals surface area contributed by atoms with Gasteiger partial charge in [0.25, 0.3) is 0 Å². The van der Waals surface area contributed by atoms with Gasteiger partial charge in [-0.2, -0.15) is 0 Å². The van der Waals surface area contributed by atoms with E-state index >= 15 is 0 Å². The van der Waals surface area contributed by atoms with Gasteiger partial charge in [0.05, 0.1) is 12.2 Å². The van der Waals surface area contributed by atoms with Gasteiger partial charge in [0.15, 0.2) is 0 Å². The van der Waals surface area contributed by atoms with Crippen LogP contribution in [0.3, 0.4) is 0 Å². The molecular formula is C23H35NO6. The molecule has 1 aromatic carbocycles. The fourth-order valence-electron chi connectivity index (χ4n) is 3.14. The highest BCUT2D eigenvalue weighted by molar-refractivity contribution is 5.87. The number of unbranched alkanes of at least 4 members (excludes halogenated alkanes) is 7. The van der Waals surface area contributed by atoms with Crippen LogP contribution in [0.5, 0.6) is 5.75 Å². The number of carbonyl (C=O) groups is 3. The first-order chi connectivity index (χ1) is 14.4. The van der Waals surface area contributed by atoms with Crippen molar-refractivity contribution in [1.82, 2.24) is 5.32 Å². The third-order valence-electron chi connectivity index (χ3n) is 4.88. The van der Waals surface area contributed by atoms with Gasteiger partial charge in [0.1, 0.15) is 11.8 Å². The van der Waals surface area contributed by atoms with Gasteiger partial charge >= 0.3 is 11.9 Å². The lowest BCUT2D eigenvalue weighted by molar-refractivity contribution is -0.142. The Labute approximate surface area is 178 Å². The molecule has 0 radical (unpaired) electrons. The van der Waals surface area contributed by atoms with E-state index in [0.717, 1.165) is 57.8 Å². The highest BCUT2D eigenvalue weighted by atomic mass is 16.5. The van der Waals surface area contributed by atoms with E-state index in [2.05, 4.69) is 5.32 Å². The molecule has 1 rings (SSSR count). The number of aromatic carboxylic acids is 1. The smallest absolute Gasteiger partial charge is 0.335 e. The average Bonchev–Trinajstić information content (AvgIpc) is 2.71. The summed E-state index contributed by atoms with van der Waals surface area (Å²) in [6, 6.07) is 5.66.